The topological polar surface area (TPSA) is 46.5 Å². The average molecular weight is 226 g/mol. The lowest BCUT2D eigenvalue weighted by molar-refractivity contribution is -0.133. The molecule has 0 amide bonds. The highest BCUT2D eigenvalue weighted by Crippen LogP contribution is 2.43. The van der Waals surface area contributed by atoms with Crippen LogP contribution in [0, 0.1) is 0 Å². The summed E-state index contributed by atoms with van der Waals surface area (Å²) >= 11 is 0. The van der Waals surface area contributed by atoms with Crippen molar-refractivity contribution in [3.05, 3.63) is 59.7 Å². The molecule has 0 saturated carbocycles. The molecule has 0 radical (unpaired) electrons. The van der Waals surface area contributed by atoms with E-state index in [1.54, 1.807) is 12.1 Å². The van der Waals surface area contributed by atoms with Crippen molar-refractivity contribution < 1.29 is 14.6 Å². The van der Waals surface area contributed by atoms with Crippen LogP contribution in [-0.4, -0.2) is 11.1 Å². The van der Waals surface area contributed by atoms with E-state index in [0.717, 1.165) is 11.1 Å². The van der Waals surface area contributed by atoms with E-state index < -0.39 is 5.92 Å². The summed E-state index contributed by atoms with van der Waals surface area (Å²) in [6.07, 6.45) is 0. The van der Waals surface area contributed by atoms with E-state index in [-0.39, 0.29) is 17.5 Å². The fourth-order valence-corrected chi connectivity index (χ4v) is 2.13. The zero-order chi connectivity index (χ0) is 11.8. The molecule has 0 fully saturated rings. The van der Waals surface area contributed by atoms with Gasteiger partial charge in [-0.15, -0.1) is 0 Å². The molecule has 2 aromatic carbocycles. The Balaban J connectivity index is 2.15. The van der Waals surface area contributed by atoms with Crippen molar-refractivity contribution in [2.24, 2.45) is 0 Å². The zero-order valence-corrected chi connectivity index (χ0v) is 8.96. The van der Waals surface area contributed by atoms with Gasteiger partial charge in [-0.05, 0) is 11.6 Å². The van der Waals surface area contributed by atoms with E-state index in [0.29, 0.717) is 0 Å². The van der Waals surface area contributed by atoms with E-state index in [1.807, 2.05) is 30.3 Å². The van der Waals surface area contributed by atoms with Crippen molar-refractivity contribution in [1.82, 2.24) is 0 Å². The number of ether oxygens (including phenoxy) is 1. The summed E-state index contributed by atoms with van der Waals surface area (Å²) in [7, 11) is 0. The van der Waals surface area contributed by atoms with Crippen LogP contribution in [-0.2, 0) is 4.79 Å². The lowest BCUT2D eigenvalue weighted by atomic mass is 9.93. The highest BCUT2D eigenvalue weighted by molar-refractivity contribution is 5.90. The van der Waals surface area contributed by atoms with Crippen LogP contribution in [0.2, 0.25) is 0 Å². The first-order valence-corrected chi connectivity index (χ1v) is 5.36. The average Bonchev–Trinajstić information content (AvgIpc) is 2.68. The van der Waals surface area contributed by atoms with E-state index in [2.05, 4.69) is 0 Å². The lowest BCUT2D eigenvalue weighted by Crippen LogP contribution is -2.11. The minimum absolute atomic E-state index is 0.00859. The minimum atomic E-state index is -0.432. The van der Waals surface area contributed by atoms with Crippen LogP contribution in [0.1, 0.15) is 17.0 Å². The summed E-state index contributed by atoms with van der Waals surface area (Å²) in [5, 5.41) is 9.64. The molecule has 2 aromatic rings. The Kier molecular flexibility index (Phi) is 2.11. The molecule has 1 atom stereocenters. The lowest BCUT2D eigenvalue weighted by Gasteiger charge is -2.06. The predicted octanol–water partition coefficient (Wildman–Crippen LogP) is 2.44. The number of fused-ring (bicyclic) bond motifs is 1. The van der Waals surface area contributed by atoms with Crippen LogP contribution in [0.4, 0.5) is 0 Å². The molecule has 0 aliphatic carbocycles. The van der Waals surface area contributed by atoms with Crippen molar-refractivity contribution in [2.75, 3.05) is 0 Å². The van der Waals surface area contributed by atoms with Gasteiger partial charge < -0.3 is 9.84 Å². The first-order valence-electron chi connectivity index (χ1n) is 5.36. The standard InChI is InChI=1S/C14H10O3/c15-11-8-4-7-10-12(14(16)17-13(10)11)9-5-2-1-3-6-9/h1-8,12,15H. The van der Waals surface area contributed by atoms with Crippen molar-refractivity contribution in [3.63, 3.8) is 0 Å². The molecule has 1 aliphatic heterocycles. The maximum Gasteiger partial charge on any atom is 0.323 e. The van der Waals surface area contributed by atoms with Crippen molar-refractivity contribution in [1.29, 1.82) is 0 Å². The summed E-state index contributed by atoms with van der Waals surface area (Å²) in [6.45, 7) is 0. The van der Waals surface area contributed by atoms with Crippen molar-refractivity contribution in [3.8, 4) is 11.5 Å². The summed E-state index contributed by atoms with van der Waals surface area (Å²) in [5.41, 5.74) is 1.60. The summed E-state index contributed by atoms with van der Waals surface area (Å²) in [6, 6.07) is 14.4. The van der Waals surface area contributed by atoms with E-state index in [4.69, 9.17) is 4.74 Å². The summed E-state index contributed by atoms with van der Waals surface area (Å²) < 4.78 is 5.12. The molecule has 0 spiro atoms. The van der Waals surface area contributed by atoms with Gasteiger partial charge in [0.2, 0.25) is 0 Å². The highest BCUT2D eigenvalue weighted by Gasteiger charge is 2.35. The number of para-hydroxylation sites is 1. The first-order chi connectivity index (χ1) is 8.27. The zero-order valence-electron chi connectivity index (χ0n) is 8.96. The Morgan fingerprint density at radius 1 is 1.00 bits per heavy atom. The third-order valence-electron chi connectivity index (χ3n) is 2.91. The molecule has 0 saturated heterocycles. The number of phenolic OH excluding ortho intramolecular Hbond substituents is 1. The number of carbonyl (C=O) groups is 1. The van der Waals surface area contributed by atoms with Gasteiger partial charge in [-0.25, -0.2) is 0 Å². The van der Waals surface area contributed by atoms with Gasteiger partial charge in [0, 0.05) is 5.56 Å². The van der Waals surface area contributed by atoms with Crippen LogP contribution in [0.3, 0.4) is 0 Å². The molecule has 1 N–H and O–H groups in total. The second-order valence-corrected chi connectivity index (χ2v) is 3.96. The van der Waals surface area contributed by atoms with Crippen LogP contribution in [0.25, 0.3) is 0 Å². The Hall–Kier alpha value is -2.29. The number of esters is 1. The van der Waals surface area contributed by atoms with Crippen LogP contribution < -0.4 is 4.74 Å². The second kappa shape index (κ2) is 3.63. The maximum atomic E-state index is 11.9. The number of carbonyl (C=O) groups excluding carboxylic acids is 1. The van der Waals surface area contributed by atoms with Gasteiger partial charge in [-0.1, -0.05) is 42.5 Å². The number of benzene rings is 2. The molecule has 3 rings (SSSR count). The Morgan fingerprint density at radius 2 is 1.76 bits per heavy atom. The SMILES string of the molecule is O=C1Oc2c(O)cccc2C1c1ccccc1. The van der Waals surface area contributed by atoms with Gasteiger partial charge in [0.25, 0.3) is 0 Å². The normalized spacial score (nSPS) is 17.6. The van der Waals surface area contributed by atoms with Gasteiger partial charge >= 0.3 is 5.97 Å². The third-order valence-corrected chi connectivity index (χ3v) is 2.91. The molecule has 3 nitrogen and oxygen atoms in total. The number of hydrogen-bond acceptors (Lipinski definition) is 3. The Bertz CT molecular complexity index is 575. The number of rotatable bonds is 1. The van der Waals surface area contributed by atoms with Crippen molar-refractivity contribution in [2.45, 2.75) is 5.92 Å². The fourth-order valence-electron chi connectivity index (χ4n) is 2.13. The second-order valence-electron chi connectivity index (χ2n) is 3.96. The van der Waals surface area contributed by atoms with Gasteiger partial charge in [0.1, 0.15) is 5.92 Å². The largest absolute Gasteiger partial charge is 0.504 e. The van der Waals surface area contributed by atoms with Crippen molar-refractivity contribution >= 4 is 5.97 Å². The summed E-state index contributed by atoms with van der Waals surface area (Å²) in [4.78, 5) is 11.9. The molecule has 1 unspecified atom stereocenters. The van der Waals surface area contributed by atoms with Crippen LogP contribution in [0.5, 0.6) is 11.5 Å². The van der Waals surface area contributed by atoms with Gasteiger partial charge in [0.05, 0.1) is 0 Å². The predicted molar refractivity (Wildman–Crippen MR) is 62.0 cm³/mol. The summed E-state index contributed by atoms with van der Waals surface area (Å²) in [5.74, 6) is -0.480. The van der Waals surface area contributed by atoms with Gasteiger partial charge in [0.15, 0.2) is 11.5 Å². The molecule has 3 heteroatoms. The molecule has 1 aliphatic rings. The molecule has 0 aromatic heterocycles. The third kappa shape index (κ3) is 1.47. The molecule has 84 valence electrons. The molecule has 17 heavy (non-hydrogen) atoms. The smallest absolute Gasteiger partial charge is 0.323 e. The Labute approximate surface area is 98.3 Å². The molecular formula is C14H10O3. The number of aromatic hydroxyl groups is 1. The van der Waals surface area contributed by atoms with Crippen LogP contribution in [0.15, 0.2) is 48.5 Å². The van der Waals surface area contributed by atoms with E-state index in [1.165, 1.54) is 6.07 Å². The monoisotopic (exact) mass is 226 g/mol. The van der Waals surface area contributed by atoms with Gasteiger partial charge in [-0.3, -0.25) is 4.79 Å². The van der Waals surface area contributed by atoms with E-state index >= 15 is 0 Å². The minimum Gasteiger partial charge on any atom is -0.504 e. The number of phenols is 1. The van der Waals surface area contributed by atoms with E-state index in [9.17, 15) is 9.90 Å². The molecular weight excluding hydrogens is 216 g/mol. The van der Waals surface area contributed by atoms with Gasteiger partial charge in [-0.2, -0.15) is 0 Å². The number of hydrogen-bond donors (Lipinski definition) is 1. The molecule has 1 heterocycles. The van der Waals surface area contributed by atoms with Crippen LogP contribution >= 0.6 is 0 Å². The Morgan fingerprint density at radius 3 is 2.53 bits per heavy atom. The maximum absolute atomic E-state index is 11.9. The highest BCUT2D eigenvalue weighted by atomic mass is 16.5. The first kappa shape index (κ1) is 9.90. The quantitative estimate of drug-likeness (QED) is 0.600. The molecule has 0 bridgehead atoms. The fraction of sp³-hybridized carbons (Fsp3) is 0.0714.